The number of carboxylic acids is 1. The fraction of sp³-hybridized carbons (Fsp3) is 0.727. The third-order valence-electron chi connectivity index (χ3n) is 2.86. The van der Waals surface area contributed by atoms with Gasteiger partial charge >= 0.3 is 12.1 Å². The zero-order chi connectivity index (χ0) is 12.3. The van der Waals surface area contributed by atoms with Gasteiger partial charge in [0.25, 0.3) is 0 Å². The minimum atomic E-state index is -1.58. The van der Waals surface area contributed by atoms with E-state index in [9.17, 15) is 9.59 Å². The number of aliphatic carboxylic acids is 1. The molecule has 0 fully saturated rings. The van der Waals surface area contributed by atoms with Crippen molar-refractivity contribution in [3.63, 3.8) is 0 Å². The summed E-state index contributed by atoms with van der Waals surface area (Å²) in [5, 5.41) is 9.08. The van der Waals surface area contributed by atoms with Crippen LogP contribution in [0, 0.1) is 5.92 Å². The van der Waals surface area contributed by atoms with Crippen LogP contribution in [0.1, 0.15) is 40.0 Å². The number of aliphatic imine (C=N–C) groups is 1. The predicted molar refractivity (Wildman–Crippen MR) is 58.6 cm³/mol. The van der Waals surface area contributed by atoms with E-state index in [2.05, 4.69) is 11.9 Å². The number of unbranched alkanes of at least 4 members (excludes halogenated alkanes) is 1. The Morgan fingerprint density at radius 2 is 2.25 bits per heavy atom. The summed E-state index contributed by atoms with van der Waals surface area (Å²) in [6, 6.07) is 0. The molecule has 0 aromatic carbocycles. The predicted octanol–water partition coefficient (Wildman–Crippen LogP) is 2.25. The van der Waals surface area contributed by atoms with E-state index in [1.165, 1.54) is 6.92 Å². The molecular weight excluding hydrogens is 210 g/mol. The van der Waals surface area contributed by atoms with E-state index in [1.807, 2.05) is 6.92 Å². The molecule has 0 radical (unpaired) electrons. The van der Waals surface area contributed by atoms with Crippen LogP contribution in [0.2, 0.25) is 0 Å². The van der Waals surface area contributed by atoms with E-state index >= 15 is 0 Å². The maximum absolute atomic E-state index is 11.1. The minimum Gasteiger partial charge on any atom is -0.478 e. The van der Waals surface area contributed by atoms with Gasteiger partial charge in [0, 0.05) is 0 Å². The molecule has 5 nitrogen and oxygen atoms in total. The summed E-state index contributed by atoms with van der Waals surface area (Å²) >= 11 is 0. The van der Waals surface area contributed by atoms with E-state index in [0.717, 1.165) is 19.3 Å². The molecule has 1 heterocycles. The van der Waals surface area contributed by atoms with Crippen LogP contribution in [0.25, 0.3) is 0 Å². The van der Waals surface area contributed by atoms with E-state index in [-0.39, 0.29) is 5.92 Å². The molecule has 0 aliphatic carbocycles. The summed E-state index contributed by atoms with van der Waals surface area (Å²) in [6.45, 7) is 5.31. The number of carboxylic acid groups (broad SMARTS) is 1. The number of nitrogens with zero attached hydrogens (tertiary/aromatic N) is 1. The van der Waals surface area contributed by atoms with E-state index in [4.69, 9.17) is 9.84 Å². The molecule has 0 spiro atoms. The summed E-state index contributed by atoms with van der Waals surface area (Å²) in [7, 11) is 0. The van der Waals surface area contributed by atoms with Gasteiger partial charge in [-0.3, -0.25) is 0 Å². The van der Waals surface area contributed by atoms with Crippen molar-refractivity contribution in [3.05, 3.63) is 0 Å². The van der Waals surface area contributed by atoms with Crippen LogP contribution in [0.3, 0.4) is 0 Å². The second-order valence-electron chi connectivity index (χ2n) is 4.25. The molecule has 5 heteroatoms. The highest BCUT2D eigenvalue weighted by Crippen LogP contribution is 2.28. The lowest BCUT2D eigenvalue weighted by Crippen LogP contribution is -2.45. The van der Waals surface area contributed by atoms with Crippen LogP contribution in [0.4, 0.5) is 4.79 Å². The average molecular weight is 227 g/mol. The van der Waals surface area contributed by atoms with Gasteiger partial charge in [-0.1, -0.05) is 26.7 Å². The van der Waals surface area contributed by atoms with Crippen molar-refractivity contribution < 1.29 is 19.4 Å². The maximum Gasteiger partial charge on any atom is 0.435 e. The van der Waals surface area contributed by atoms with Gasteiger partial charge in [0.05, 0.1) is 5.71 Å². The molecule has 1 N–H and O–H groups in total. The molecule has 90 valence electrons. The van der Waals surface area contributed by atoms with Crippen molar-refractivity contribution in [2.75, 3.05) is 0 Å². The number of cyclic esters (lactones) is 1. The molecule has 2 atom stereocenters. The van der Waals surface area contributed by atoms with Crippen molar-refractivity contribution in [1.82, 2.24) is 0 Å². The summed E-state index contributed by atoms with van der Waals surface area (Å²) < 4.78 is 4.78. The third-order valence-corrected chi connectivity index (χ3v) is 2.86. The monoisotopic (exact) mass is 227 g/mol. The molecule has 0 saturated carbocycles. The van der Waals surface area contributed by atoms with Gasteiger partial charge in [0.15, 0.2) is 0 Å². The smallest absolute Gasteiger partial charge is 0.435 e. The summed E-state index contributed by atoms with van der Waals surface area (Å²) in [5.41, 5.74) is -1.25. The highest BCUT2D eigenvalue weighted by atomic mass is 16.6. The van der Waals surface area contributed by atoms with Gasteiger partial charge in [-0.25, -0.2) is 9.59 Å². The first-order valence-electron chi connectivity index (χ1n) is 5.47. The standard InChI is InChI=1S/C11H17NO4/c1-4-5-6-7(2)8-11(3,9(13)14)16-10(15)12-8/h7H,4-6H2,1-3H3,(H,13,14)/t7-,11+/m1/s1. The number of amides is 1. The molecular formula is C11H17NO4. The quantitative estimate of drug-likeness (QED) is 0.781. The first-order chi connectivity index (χ1) is 7.41. The maximum atomic E-state index is 11.1. The Bertz CT molecular complexity index is 337. The van der Waals surface area contributed by atoms with Gasteiger partial charge in [-0.05, 0) is 19.3 Å². The van der Waals surface area contributed by atoms with Crippen molar-refractivity contribution >= 4 is 17.8 Å². The summed E-state index contributed by atoms with van der Waals surface area (Å²) in [6.07, 6.45) is 2.01. The number of carbonyl (C=O) groups is 2. The van der Waals surface area contributed by atoms with Crippen molar-refractivity contribution in [3.8, 4) is 0 Å². The molecule has 0 saturated heterocycles. The summed E-state index contributed by atoms with van der Waals surface area (Å²) in [5.74, 6) is -1.21. The molecule has 16 heavy (non-hydrogen) atoms. The normalized spacial score (nSPS) is 26.2. The van der Waals surface area contributed by atoms with Crippen molar-refractivity contribution in [2.45, 2.75) is 45.6 Å². The van der Waals surface area contributed by atoms with E-state index in [1.54, 1.807) is 0 Å². The molecule has 1 aliphatic heterocycles. The lowest BCUT2D eigenvalue weighted by atomic mass is 9.87. The minimum absolute atomic E-state index is 0.0486. The fourth-order valence-electron chi connectivity index (χ4n) is 1.84. The van der Waals surface area contributed by atoms with Crippen LogP contribution in [-0.4, -0.2) is 28.5 Å². The number of carbonyl (C=O) groups excluding carboxylic acids is 1. The lowest BCUT2D eigenvalue weighted by molar-refractivity contribution is -0.149. The summed E-state index contributed by atoms with van der Waals surface area (Å²) in [4.78, 5) is 25.9. The van der Waals surface area contributed by atoms with Crippen LogP contribution in [0.15, 0.2) is 4.99 Å². The second-order valence-corrected chi connectivity index (χ2v) is 4.25. The largest absolute Gasteiger partial charge is 0.478 e. The van der Waals surface area contributed by atoms with E-state index in [0.29, 0.717) is 5.71 Å². The van der Waals surface area contributed by atoms with Crippen molar-refractivity contribution in [1.29, 1.82) is 0 Å². The first-order valence-corrected chi connectivity index (χ1v) is 5.47. The fourth-order valence-corrected chi connectivity index (χ4v) is 1.84. The molecule has 0 bridgehead atoms. The number of rotatable bonds is 5. The molecule has 1 rings (SSSR count). The average Bonchev–Trinajstić information content (AvgIpc) is 2.52. The van der Waals surface area contributed by atoms with Gasteiger partial charge in [0.2, 0.25) is 5.60 Å². The van der Waals surface area contributed by atoms with Crippen LogP contribution < -0.4 is 0 Å². The Labute approximate surface area is 94.5 Å². The third kappa shape index (κ3) is 2.23. The molecule has 1 amide bonds. The Kier molecular flexibility index (Phi) is 3.67. The molecule has 1 aliphatic rings. The van der Waals surface area contributed by atoms with E-state index < -0.39 is 17.7 Å². The number of hydrogen-bond acceptors (Lipinski definition) is 3. The number of ether oxygens (including phenoxy) is 1. The SMILES string of the molecule is CCCC[C@@H](C)C1=NC(=O)O[C@]1(C)C(=O)O. The highest BCUT2D eigenvalue weighted by molar-refractivity contribution is 6.16. The zero-order valence-electron chi connectivity index (χ0n) is 9.82. The van der Waals surface area contributed by atoms with Gasteiger partial charge in [0.1, 0.15) is 0 Å². The second kappa shape index (κ2) is 4.63. The van der Waals surface area contributed by atoms with Crippen LogP contribution >= 0.6 is 0 Å². The Morgan fingerprint density at radius 1 is 1.62 bits per heavy atom. The van der Waals surface area contributed by atoms with Gasteiger partial charge < -0.3 is 9.84 Å². The molecule has 0 aromatic rings. The van der Waals surface area contributed by atoms with Crippen molar-refractivity contribution in [2.24, 2.45) is 10.9 Å². The number of hydrogen-bond donors (Lipinski definition) is 1. The molecule has 0 unspecified atom stereocenters. The van der Waals surface area contributed by atoms with Gasteiger partial charge in [-0.2, -0.15) is 4.99 Å². The topological polar surface area (TPSA) is 76.0 Å². The Hall–Kier alpha value is -1.39. The zero-order valence-corrected chi connectivity index (χ0v) is 9.82. The van der Waals surface area contributed by atoms with Gasteiger partial charge in [-0.15, -0.1) is 0 Å². The first kappa shape index (κ1) is 12.7. The van der Waals surface area contributed by atoms with Crippen LogP contribution in [0.5, 0.6) is 0 Å². The highest BCUT2D eigenvalue weighted by Gasteiger charge is 2.49. The Balaban J connectivity index is 2.87. The molecule has 0 aromatic heterocycles. The van der Waals surface area contributed by atoms with Crippen LogP contribution in [-0.2, 0) is 9.53 Å². The lowest BCUT2D eigenvalue weighted by Gasteiger charge is -2.23. The Morgan fingerprint density at radius 3 is 2.75 bits per heavy atom.